The molecular formula is C11H18O. The Hall–Kier alpha value is -0.720. The van der Waals surface area contributed by atoms with Gasteiger partial charge in [0.25, 0.3) is 0 Å². The summed E-state index contributed by atoms with van der Waals surface area (Å²) in [7, 11) is 0. The average Bonchev–Trinajstić information content (AvgIpc) is 2.03. The molecule has 0 radical (unpaired) electrons. The normalized spacial score (nSPS) is 17.3. The molecule has 1 nitrogen and oxygen atoms in total. The van der Waals surface area contributed by atoms with Gasteiger partial charge in [-0.1, -0.05) is 13.0 Å². The monoisotopic (exact) mass is 166 g/mol. The highest BCUT2D eigenvalue weighted by Gasteiger charge is 2.06. The highest BCUT2D eigenvalue weighted by molar-refractivity contribution is 5.24. The second-order valence-corrected chi connectivity index (χ2v) is 3.45. The molecule has 0 spiro atoms. The molecule has 12 heavy (non-hydrogen) atoms. The van der Waals surface area contributed by atoms with Crippen LogP contribution in [0.4, 0.5) is 0 Å². The van der Waals surface area contributed by atoms with Crippen molar-refractivity contribution in [1.29, 1.82) is 0 Å². The molecule has 0 aliphatic heterocycles. The third kappa shape index (κ3) is 2.72. The first-order chi connectivity index (χ1) is 5.72. The summed E-state index contributed by atoms with van der Waals surface area (Å²) in [6.45, 7) is 6.33. The lowest BCUT2D eigenvalue weighted by molar-refractivity contribution is 0.139. The van der Waals surface area contributed by atoms with Gasteiger partial charge in [-0.3, -0.25) is 0 Å². The van der Waals surface area contributed by atoms with E-state index >= 15 is 0 Å². The maximum atomic E-state index is 5.64. The fraction of sp³-hybridized carbons (Fsp3) is 0.636. The minimum atomic E-state index is 0.312. The summed E-state index contributed by atoms with van der Waals surface area (Å²) >= 11 is 0. The van der Waals surface area contributed by atoms with E-state index in [9.17, 15) is 0 Å². The van der Waals surface area contributed by atoms with E-state index in [2.05, 4.69) is 32.9 Å². The van der Waals surface area contributed by atoms with Crippen LogP contribution < -0.4 is 0 Å². The molecule has 0 heterocycles. The molecular weight excluding hydrogens is 148 g/mol. The number of ether oxygens (including phenoxy) is 1. The van der Waals surface area contributed by atoms with Crippen LogP contribution in [-0.2, 0) is 4.74 Å². The lowest BCUT2D eigenvalue weighted by Crippen LogP contribution is -2.04. The molecule has 0 saturated heterocycles. The fourth-order valence-electron chi connectivity index (χ4n) is 1.38. The van der Waals surface area contributed by atoms with Crippen molar-refractivity contribution in [2.24, 2.45) is 0 Å². The zero-order valence-corrected chi connectivity index (χ0v) is 8.26. The van der Waals surface area contributed by atoms with E-state index in [1.54, 1.807) is 0 Å². The van der Waals surface area contributed by atoms with Crippen LogP contribution in [0.2, 0.25) is 0 Å². The van der Waals surface area contributed by atoms with Gasteiger partial charge >= 0.3 is 0 Å². The van der Waals surface area contributed by atoms with Gasteiger partial charge in [-0.15, -0.1) is 0 Å². The highest BCUT2D eigenvalue weighted by Crippen LogP contribution is 2.20. The van der Waals surface area contributed by atoms with Crippen molar-refractivity contribution in [2.45, 2.75) is 46.1 Å². The molecule has 0 amide bonds. The third-order valence-electron chi connectivity index (χ3n) is 1.94. The van der Waals surface area contributed by atoms with E-state index in [0.29, 0.717) is 6.10 Å². The lowest BCUT2D eigenvalue weighted by atomic mass is 10.0. The van der Waals surface area contributed by atoms with Gasteiger partial charge in [0.05, 0.1) is 11.9 Å². The molecule has 0 aromatic carbocycles. The van der Waals surface area contributed by atoms with E-state index in [0.717, 1.165) is 25.0 Å². The summed E-state index contributed by atoms with van der Waals surface area (Å²) < 4.78 is 5.64. The Balaban J connectivity index is 2.54. The van der Waals surface area contributed by atoms with Crippen molar-refractivity contribution >= 4 is 0 Å². The van der Waals surface area contributed by atoms with Crippen LogP contribution in [0.1, 0.15) is 40.0 Å². The van der Waals surface area contributed by atoms with Gasteiger partial charge < -0.3 is 4.74 Å². The van der Waals surface area contributed by atoms with Gasteiger partial charge in [-0.25, -0.2) is 0 Å². The average molecular weight is 166 g/mol. The summed E-state index contributed by atoms with van der Waals surface area (Å²) in [5, 5.41) is 0. The Morgan fingerprint density at radius 2 is 2.25 bits per heavy atom. The quantitative estimate of drug-likeness (QED) is 0.624. The third-order valence-corrected chi connectivity index (χ3v) is 1.94. The molecule has 0 N–H and O–H groups in total. The molecule has 0 fully saturated rings. The zero-order valence-electron chi connectivity index (χ0n) is 8.26. The maximum Gasteiger partial charge on any atom is 0.0969 e. The minimum absolute atomic E-state index is 0.312. The van der Waals surface area contributed by atoms with Crippen LogP contribution in [0.5, 0.6) is 0 Å². The van der Waals surface area contributed by atoms with Crippen LogP contribution in [0.15, 0.2) is 23.5 Å². The molecule has 0 atom stereocenters. The first kappa shape index (κ1) is 9.37. The Kier molecular flexibility index (Phi) is 3.39. The van der Waals surface area contributed by atoms with Gasteiger partial charge in [-0.2, -0.15) is 0 Å². The zero-order chi connectivity index (χ0) is 8.97. The van der Waals surface area contributed by atoms with Crippen molar-refractivity contribution in [3.05, 3.63) is 23.5 Å². The Labute approximate surface area is 75.1 Å². The lowest BCUT2D eigenvalue weighted by Gasteiger charge is -2.16. The topological polar surface area (TPSA) is 9.23 Å². The van der Waals surface area contributed by atoms with Crippen LogP contribution in [-0.4, -0.2) is 6.10 Å². The van der Waals surface area contributed by atoms with Crippen LogP contribution >= 0.6 is 0 Å². The van der Waals surface area contributed by atoms with Gasteiger partial charge in [0.2, 0.25) is 0 Å². The van der Waals surface area contributed by atoms with E-state index in [1.807, 2.05) is 0 Å². The highest BCUT2D eigenvalue weighted by atomic mass is 16.5. The molecule has 0 unspecified atom stereocenters. The van der Waals surface area contributed by atoms with E-state index in [-0.39, 0.29) is 0 Å². The molecule has 0 aromatic rings. The maximum absolute atomic E-state index is 5.64. The fourth-order valence-corrected chi connectivity index (χ4v) is 1.38. The van der Waals surface area contributed by atoms with E-state index in [4.69, 9.17) is 4.74 Å². The van der Waals surface area contributed by atoms with Crippen molar-refractivity contribution in [3.63, 3.8) is 0 Å². The molecule has 1 aliphatic carbocycles. The standard InChI is InChI=1S/C11H18O/c1-4-10-6-5-7-11(8-10)12-9(2)3/h6,8-9H,4-5,7H2,1-3H3. The van der Waals surface area contributed by atoms with Crippen molar-refractivity contribution in [1.82, 2.24) is 0 Å². The second-order valence-electron chi connectivity index (χ2n) is 3.45. The first-order valence-corrected chi connectivity index (χ1v) is 4.78. The number of rotatable bonds is 3. The Morgan fingerprint density at radius 3 is 2.83 bits per heavy atom. The SMILES string of the molecule is CCC1=CCCC(OC(C)C)=C1. The summed E-state index contributed by atoms with van der Waals surface area (Å²) in [5.74, 6) is 1.16. The predicted molar refractivity (Wildman–Crippen MR) is 51.9 cm³/mol. The molecule has 0 bridgehead atoms. The van der Waals surface area contributed by atoms with Crippen molar-refractivity contribution < 1.29 is 4.74 Å². The van der Waals surface area contributed by atoms with Gasteiger partial charge in [0, 0.05) is 6.42 Å². The molecule has 0 aromatic heterocycles. The smallest absolute Gasteiger partial charge is 0.0969 e. The van der Waals surface area contributed by atoms with Crippen LogP contribution in [0, 0.1) is 0 Å². The number of hydrogen-bond acceptors (Lipinski definition) is 1. The first-order valence-electron chi connectivity index (χ1n) is 4.78. The van der Waals surface area contributed by atoms with Gasteiger partial charge in [-0.05, 0) is 38.3 Å². The largest absolute Gasteiger partial charge is 0.495 e. The minimum Gasteiger partial charge on any atom is -0.495 e. The summed E-state index contributed by atoms with van der Waals surface area (Å²) in [5.41, 5.74) is 1.41. The van der Waals surface area contributed by atoms with Crippen LogP contribution in [0.3, 0.4) is 0 Å². The van der Waals surface area contributed by atoms with Crippen LogP contribution in [0.25, 0.3) is 0 Å². The molecule has 68 valence electrons. The van der Waals surface area contributed by atoms with Gasteiger partial charge in [0.15, 0.2) is 0 Å². The predicted octanol–water partition coefficient (Wildman–Crippen LogP) is 3.43. The summed E-state index contributed by atoms with van der Waals surface area (Å²) in [6, 6.07) is 0. The van der Waals surface area contributed by atoms with E-state index in [1.165, 1.54) is 5.57 Å². The summed E-state index contributed by atoms with van der Waals surface area (Å²) in [4.78, 5) is 0. The molecule has 1 heteroatoms. The number of hydrogen-bond donors (Lipinski definition) is 0. The van der Waals surface area contributed by atoms with Crippen molar-refractivity contribution in [3.8, 4) is 0 Å². The van der Waals surface area contributed by atoms with E-state index < -0.39 is 0 Å². The Morgan fingerprint density at radius 1 is 1.50 bits per heavy atom. The molecule has 1 aliphatic rings. The van der Waals surface area contributed by atoms with Crippen molar-refractivity contribution in [2.75, 3.05) is 0 Å². The number of allylic oxidation sites excluding steroid dienone is 4. The second kappa shape index (κ2) is 4.34. The molecule has 0 saturated carbocycles. The summed E-state index contributed by atoms with van der Waals surface area (Å²) in [6.07, 6.45) is 8.12. The Bertz CT molecular complexity index is 199. The molecule has 1 rings (SSSR count). The van der Waals surface area contributed by atoms with Gasteiger partial charge in [0.1, 0.15) is 0 Å².